The maximum absolute atomic E-state index is 12.1. The summed E-state index contributed by atoms with van der Waals surface area (Å²) in [5, 5.41) is 13.2. The number of rotatable bonds is 4. The minimum absolute atomic E-state index is 0.0652. The molecule has 1 atom stereocenters. The van der Waals surface area contributed by atoms with Crippen LogP contribution in [-0.2, 0) is 4.74 Å². The van der Waals surface area contributed by atoms with Crippen molar-refractivity contribution in [3.05, 3.63) is 35.4 Å². The van der Waals surface area contributed by atoms with Gasteiger partial charge in [0.15, 0.2) is 0 Å². The Morgan fingerprint density at radius 3 is 2.58 bits per heavy atom. The number of nitrogens with zero attached hydrogens (tertiary/aromatic N) is 1. The van der Waals surface area contributed by atoms with Crippen molar-refractivity contribution in [3.8, 4) is 0 Å². The van der Waals surface area contributed by atoms with Gasteiger partial charge in [-0.3, -0.25) is 0 Å². The highest BCUT2D eigenvalue weighted by Gasteiger charge is 2.27. The van der Waals surface area contributed by atoms with Gasteiger partial charge in [-0.25, -0.2) is 4.79 Å². The van der Waals surface area contributed by atoms with Gasteiger partial charge in [0, 0.05) is 19.1 Å². The molecule has 0 aromatic heterocycles. The highest BCUT2D eigenvalue weighted by atomic mass is 16.6. The molecular weight excluding hydrogens is 304 g/mol. The summed E-state index contributed by atoms with van der Waals surface area (Å²) in [4.78, 5) is 13.9. The summed E-state index contributed by atoms with van der Waals surface area (Å²) in [6.45, 7) is 9.12. The first kappa shape index (κ1) is 18.7. The van der Waals surface area contributed by atoms with Crippen molar-refractivity contribution in [2.24, 2.45) is 0 Å². The Morgan fingerprint density at radius 1 is 1.38 bits per heavy atom. The quantitative estimate of drug-likeness (QED) is 0.888. The molecule has 0 radical (unpaired) electrons. The van der Waals surface area contributed by atoms with Crippen LogP contribution >= 0.6 is 0 Å². The highest BCUT2D eigenvalue weighted by molar-refractivity contribution is 5.68. The summed E-state index contributed by atoms with van der Waals surface area (Å²) >= 11 is 0. The van der Waals surface area contributed by atoms with Crippen LogP contribution in [0.2, 0.25) is 0 Å². The molecule has 1 aromatic rings. The van der Waals surface area contributed by atoms with Crippen LogP contribution in [-0.4, -0.2) is 47.4 Å². The molecule has 0 bridgehead atoms. The van der Waals surface area contributed by atoms with Crippen molar-refractivity contribution >= 4 is 6.09 Å². The molecule has 2 rings (SSSR count). The number of piperidine rings is 1. The van der Waals surface area contributed by atoms with Crippen LogP contribution in [0.25, 0.3) is 0 Å². The average Bonchev–Trinajstić information content (AvgIpc) is 2.51. The molecule has 0 spiro atoms. The van der Waals surface area contributed by atoms with Crippen molar-refractivity contribution < 1.29 is 14.6 Å². The third-order valence-corrected chi connectivity index (χ3v) is 4.21. The molecule has 1 aliphatic heterocycles. The molecule has 1 aliphatic rings. The molecule has 5 nitrogen and oxygen atoms in total. The van der Waals surface area contributed by atoms with Gasteiger partial charge in [0.2, 0.25) is 0 Å². The second-order valence-electron chi connectivity index (χ2n) is 7.56. The Bertz CT molecular complexity index is 546. The lowest BCUT2D eigenvalue weighted by Crippen LogP contribution is -2.47. The van der Waals surface area contributed by atoms with Crippen molar-refractivity contribution in [1.82, 2.24) is 10.2 Å². The molecule has 0 saturated carbocycles. The first-order valence-electron chi connectivity index (χ1n) is 8.70. The third kappa shape index (κ3) is 5.49. The maximum Gasteiger partial charge on any atom is 0.410 e. The minimum Gasteiger partial charge on any atom is -0.444 e. The van der Waals surface area contributed by atoms with Crippen LogP contribution in [0.4, 0.5) is 4.79 Å². The van der Waals surface area contributed by atoms with Crippen LogP contribution in [0.15, 0.2) is 24.3 Å². The van der Waals surface area contributed by atoms with E-state index in [-0.39, 0.29) is 18.7 Å². The van der Waals surface area contributed by atoms with Gasteiger partial charge in [0.25, 0.3) is 0 Å². The number of aryl methyl sites for hydroxylation is 1. The molecule has 1 saturated heterocycles. The second kappa shape index (κ2) is 7.99. The van der Waals surface area contributed by atoms with E-state index in [4.69, 9.17) is 4.74 Å². The van der Waals surface area contributed by atoms with Crippen molar-refractivity contribution in [3.63, 3.8) is 0 Å². The summed E-state index contributed by atoms with van der Waals surface area (Å²) in [6.07, 6.45) is 1.49. The molecule has 24 heavy (non-hydrogen) atoms. The molecule has 134 valence electrons. The van der Waals surface area contributed by atoms with Gasteiger partial charge in [-0.2, -0.15) is 0 Å². The van der Waals surface area contributed by atoms with Crippen LogP contribution < -0.4 is 5.32 Å². The number of carbonyl (C=O) groups is 1. The number of ether oxygens (including phenoxy) is 1. The van der Waals surface area contributed by atoms with Crippen LogP contribution in [0.5, 0.6) is 0 Å². The Kier molecular flexibility index (Phi) is 6.24. The molecular formula is C19H30N2O3. The number of amides is 1. The molecule has 1 amide bonds. The zero-order valence-electron chi connectivity index (χ0n) is 15.2. The van der Waals surface area contributed by atoms with Gasteiger partial charge in [-0.15, -0.1) is 0 Å². The Balaban J connectivity index is 1.86. The van der Waals surface area contributed by atoms with Gasteiger partial charge in [-0.1, -0.05) is 29.8 Å². The molecule has 0 unspecified atom stereocenters. The lowest BCUT2D eigenvalue weighted by molar-refractivity contribution is 0.0193. The molecule has 2 N–H and O–H groups in total. The van der Waals surface area contributed by atoms with E-state index >= 15 is 0 Å². The Labute approximate surface area is 145 Å². The van der Waals surface area contributed by atoms with Crippen LogP contribution in [0, 0.1) is 6.92 Å². The standard InChI is InChI=1S/C19H30N2O3/c1-14-6-5-7-15(12-14)17(13-22)20-16-8-10-21(11-9-16)18(23)24-19(2,3)4/h5-7,12,16-17,20,22H,8-11,13H2,1-4H3/t17-/m0/s1. The lowest BCUT2D eigenvalue weighted by atomic mass is 10.0. The van der Waals surface area contributed by atoms with Crippen LogP contribution in [0.3, 0.4) is 0 Å². The maximum atomic E-state index is 12.1. The van der Waals surface area contributed by atoms with E-state index in [1.165, 1.54) is 5.56 Å². The number of carbonyl (C=O) groups excluding carboxylic acids is 1. The van der Waals surface area contributed by atoms with E-state index in [2.05, 4.69) is 24.4 Å². The van der Waals surface area contributed by atoms with Gasteiger partial charge < -0.3 is 20.1 Å². The summed E-state index contributed by atoms with van der Waals surface area (Å²) in [5.74, 6) is 0. The fourth-order valence-electron chi connectivity index (χ4n) is 2.98. The van der Waals surface area contributed by atoms with Gasteiger partial charge in [-0.05, 0) is 46.1 Å². The zero-order chi connectivity index (χ0) is 17.7. The summed E-state index contributed by atoms with van der Waals surface area (Å²) in [6, 6.07) is 8.43. The highest BCUT2D eigenvalue weighted by Crippen LogP contribution is 2.20. The number of aliphatic hydroxyl groups is 1. The normalized spacial score (nSPS) is 17.6. The predicted molar refractivity (Wildman–Crippen MR) is 95.0 cm³/mol. The number of hydrogen-bond donors (Lipinski definition) is 2. The molecule has 1 heterocycles. The van der Waals surface area contributed by atoms with E-state index in [0.29, 0.717) is 19.1 Å². The third-order valence-electron chi connectivity index (χ3n) is 4.21. The van der Waals surface area contributed by atoms with Gasteiger partial charge in [0.1, 0.15) is 5.60 Å². The van der Waals surface area contributed by atoms with Gasteiger partial charge in [0.05, 0.1) is 12.6 Å². The van der Waals surface area contributed by atoms with E-state index in [1.54, 1.807) is 4.90 Å². The van der Waals surface area contributed by atoms with Crippen molar-refractivity contribution in [2.45, 2.75) is 58.2 Å². The number of nitrogens with one attached hydrogen (secondary N) is 1. The largest absolute Gasteiger partial charge is 0.444 e. The molecule has 0 aliphatic carbocycles. The number of aliphatic hydroxyl groups excluding tert-OH is 1. The molecule has 1 fully saturated rings. The lowest BCUT2D eigenvalue weighted by Gasteiger charge is -2.35. The Morgan fingerprint density at radius 2 is 2.04 bits per heavy atom. The fraction of sp³-hybridized carbons (Fsp3) is 0.632. The van der Waals surface area contributed by atoms with Crippen LogP contribution in [0.1, 0.15) is 50.8 Å². The topological polar surface area (TPSA) is 61.8 Å². The predicted octanol–water partition coefficient (Wildman–Crippen LogP) is 3.02. The van der Waals surface area contributed by atoms with E-state index in [9.17, 15) is 9.90 Å². The Hall–Kier alpha value is -1.59. The van der Waals surface area contributed by atoms with Crippen molar-refractivity contribution in [1.29, 1.82) is 0 Å². The fourth-order valence-corrected chi connectivity index (χ4v) is 2.98. The first-order chi connectivity index (χ1) is 11.3. The van der Waals surface area contributed by atoms with E-state index in [0.717, 1.165) is 18.4 Å². The number of hydrogen-bond acceptors (Lipinski definition) is 4. The summed E-state index contributed by atoms with van der Waals surface area (Å²) < 4.78 is 5.42. The zero-order valence-corrected chi connectivity index (χ0v) is 15.2. The molecule has 5 heteroatoms. The SMILES string of the molecule is Cc1cccc([C@H](CO)NC2CCN(C(=O)OC(C)(C)C)CC2)c1. The van der Waals surface area contributed by atoms with E-state index in [1.807, 2.05) is 32.9 Å². The first-order valence-corrected chi connectivity index (χ1v) is 8.70. The smallest absolute Gasteiger partial charge is 0.410 e. The number of benzene rings is 1. The number of likely N-dealkylation sites (tertiary alicyclic amines) is 1. The monoisotopic (exact) mass is 334 g/mol. The van der Waals surface area contributed by atoms with Gasteiger partial charge >= 0.3 is 6.09 Å². The van der Waals surface area contributed by atoms with E-state index < -0.39 is 5.60 Å². The minimum atomic E-state index is -0.459. The molecule has 1 aromatic carbocycles. The summed E-state index contributed by atoms with van der Waals surface area (Å²) in [5.41, 5.74) is 1.83. The second-order valence-corrected chi connectivity index (χ2v) is 7.56. The van der Waals surface area contributed by atoms with Crippen molar-refractivity contribution in [2.75, 3.05) is 19.7 Å². The summed E-state index contributed by atoms with van der Waals surface area (Å²) in [7, 11) is 0. The average molecular weight is 334 g/mol.